The van der Waals surface area contributed by atoms with E-state index in [2.05, 4.69) is 0 Å². The second-order valence-electron chi connectivity index (χ2n) is 5.08. The molecule has 0 N–H and O–H groups in total. The highest BCUT2D eigenvalue weighted by Crippen LogP contribution is 2.61. The van der Waals surface area contributed by atoms with Gasteiger partial charge in [0.15, 0.2) is 0 Å². The maximum Gasteiger partial charge on any atom is 0.310 e. The van der Waals surface area contributed by atoms with E-state index in [-0.39, 0.29) is 29.9 Å². The van der Waals surface area contributed by atoms with Crippen LogP contribution in [0.15, 0.2) is 0 Å². The lowest BCUT2D eigenvalue weighted by molar-refractivity contribution is -0.172. The SMILES string of the molecule is CC(=O)OC1C2CC3C(=O)OC1(C)C3C2. The van der Waals surface area contributed by atoms with Crippen molar-refractivity contribution in [1.29, 1.82) is 0 Å². The summed E-state index contributed by atoms with van der Waals surface area (Å²) in [6, 6.07) is 0. The van der Waals surface area contributed by atoms with Gasteiger partial charge < -0.3 is 9.47 Å². The second kappa shape index (κ2) is 2.54. The first-order valence-electron chi connectivity index (χ1n) is 5.42. The maximum absolute atomic E-state index is 11.6. The van der Waals surface area contributed by atoms with Crippen molar-refractivity contribution in [3.05, 3.63) is 0 Å². The molecule has 5 atom stereocenters. The number of esters is 2. The van der Waals surface area contributed by atoms with E-state index in [1.165, 1.54) is 6.92 Å². The fourth-order valence-electron chi connectivity index (χ4n) is 3.72. The van der Waals surface area contributed by atoms with E-state index in [1.54, 1.807) is 0 Å². The van der Waals surface area contributed by atoms with E-state index in [4.69, 9.17) is 9.47 Å². The molecule has 1 aliphatic heterocycles. The number of rotatable bonds is 1. The minimum atomic E-state index is -0.545. The molecule has 0 aromatic carbocycles. The molecule has 3 fully saturated rings. The highest BCUT2D eigenvalue weighted by molar-refractivity contribution is 5.78. The van der Waals surface area contributed by atoms with Crippen molar-refractivity contribution in [2.24, 2.45) is 17.8 Å². The van der Waals surface area contributed by atoms with Gasteiger partial charge in [-0.3, -0.25) is 9.59 Å². The molecule has 4 heteroatoms. The molecule has 1 heterocycles. The Bertz CT molecular complexity index is 350. The minimum Gasteiger partial charge on any atom is -0.458 e. The number of fused-ring (bicyclic) bond motifs is 1. The van der Waals surface area contributed by atoms with Crippen LogP contribution in [0.1, 0.15) is 26.7 Å². The fourth-order valence-corrected chi connectivity index (χ4v) is 3.72. The van der Waals surface area contributed by atoms with E-state index in [1.807, 2.05) is 6.92 Å². The zero-order valence-corrected chi connectivity index (χ0v) is 8.86. The van der Waals surface area contributed by atoms with Gasteiger partial charge in [0.1, 0.15) is 11.7 Å². The molecular formula is C11H14O4. The number of carbonyl (C=O) groups excluding carboxylic acids is 2. The van der Waals surface area contributed by atoms with Crippen LogP contribution >= 0.6 is 0 Å². The number of carbonyl (C=O) groups is 2. The maximum atomic E-state index is 11.6. The summed E-state index contributed by atoms with van der Waals surface area (Å²) >= 11 is 0. The molecule has 2 bridgehead atoms. The van der Waals surface area contributed by atoms with Crippen LogP contribution in [-0.2, 0) is 19.1 Å². The predicted octanol–water partition coefficient (Wildman–Crippen LogP) is 0.890. The first-order valence-corrected chi connectivity index (χ1v) is 5.42. The normalized spacial score (nSPS) is 50.7. The number of ether oxygens (including phenoxy) is 2. The Labute approximate surface area is 87.9 Å². The van der Waals surface area contributed by atoms with Crippen LogP contribution in [0.2, 0.25) is 0 Å². The summed E-state index contributed by atoms with van der Waals surface area (Å²) in [6.45, 7) is 3.31. The van der Waals surface area contributed by atoms with Gasteiger partial charge in [0, 0.05) is 18.8 Å². The van der Waals surface area contributed by atoms with Crippen LogP contribution in [0.4, 0.5) is 0 Å². The smallest absolute Gasteiger partial charge is 0.310 e. The van der Waals surface area contributed by atoms with E-state index >= 15 is 0 Å². The van der Waals surface area contributed by atoms with Crippen LogP contribution < -0.4 is 0 Å². The van der Waals surface area contributed by atoms with Gasteiger partial charge in [-0.25, -0.2) is 0 Å². The Hall–Kier alpha value is -1.06. The van der Waals surface area contributed by atoms with Crippen LogP contribution in [0, 0.1) is 17.8 Å². The van der Waals surface area contributed by atoms with E-state index in [9.17, 15) is 9.59 Å². The molecule has 4 nitrogen and oxygen atoms in total. The largest absolute Gasteiger partial charge is 0.458 e. The Morgan fingerprint density at radius 1 is 1.53 bits per heavy atom. The zero-order valence-electron chi connectivity index (χ0n) is 8.86. The summed E-state index contributed by atoms with van der Waals surface area (Å²) in [5.41, 5.74) is -0.545. The Kier molecular flexibility index (Phi) is 1.56. The van der Waals surface area contributed by atoms with Crippen LogP contribution in [-0.4, -0.2) is 23.6 Å². The molecule has 82 valence electrons. The Morgan fingerprint density at radius 3 is 2.93 bits per heavy atom. The summed E-state index contributed by atoms with van der Waals surface area (Å²) < 4.78 is 10.7. The molecule has 0 aromatic heterocycles. The van der Waals surface area contributed by atoms with Crippen molar-refractivity contribution in [3.8, 4) is 0 Å². The molecule has 5 unspecified atom stereocenters. The molecule has 2 saturated carbocycles. The van der Waals surface area contributed by atoms with Crippen molar-refractivity contribution in [1.82, 2.24) is 0 Å². The average molecular weight is 210 g/mol. The van der Waals surface area contributed by atoms with E-state index in [0.29, 0.717) is 5.92 Å². The highest BCUT2D eigenvalue weighted by Gasteiger charge is 2.70. The number of hydrogen-bond acceptors (Lipinski definition) is 4. The van der Waals surface area contributed by atoms with Crippen molar-refractivity contribution in [2.45, 2.75) is 38.4 Å². The van der Waals surface area contributed by atoms with Gasteiger partial charge >= 0.3 is 11.9 Å². The molecule has 0 radical (unpaired) electrons. The van der Waals surface area contributed by atoms with E-state index in [0.717, 1.165) is 12.8 Å². The molecule has 3 rings (SSSR count). The van der Waals surface area contributed by atoms with Crippen LogP contribution in [0.3, 0.4) is 0 Å². The molecule has 1 saturated heterocycles. The topological polar surface area (TPSA) is 52.6 Å². The molecule has 0 spiro atoms. The Morgan fingerprint density at radius 2 is 2.27 bits per heavy atom. The zero-order chi connectivity index (χ0) is 10.8. The quantitative estimate of drug-likeness (QED) is 0.603. The van der Waals surface area contributed by atoms with Crippen LogP contribution in [0.25, 0.3) is 0 Å². The average Bonchev–Trinajstić information content (AvgIpc) is 2.68. The van der Waals surface area contributed by atoms with Crippen LogP contribution in [0.5, 0.6) is 0 Å². The highest BCUT2D eigenvalue weighted by atomic mass is 16.6. The molecule has 0 aromatic rings. The summed E-state index contributed by atoms with van der Waals surface area (Å²) in [6.07, 6.45) is 1.57. The third-order valence-electron chi connectivity index (χ3n) is 4.24. The summed E-state index contributed by atoms with van der Waals surface area (Å²) in [4.78, 5) is 22.6. The lowest BCUT2D eigenvalue weighted by atomic mass is 9.79. The van der Waals surface area contributed by atoms with Crippen molar-refractivity contribution < 1.29 is 19.1 Å². The lowest BCUT2D eigenvalue weighted by Gasteiger charge is -2.33. The molecule has 0 amide bonds. The molecular weight excluding hydrogens is 196 g/mol. The van der Waals surface area contributed by atoms with Gasteiger partial charge in [-0.15, -0.1) is 0 Å². The van der Waals surface area contributed by atoms with E-state index < -0.39 is 5.60 Å². The van der Waals surface area contributed by atoms with Gasteiger partial charge in [0.25, 0.3) is 0 Å². The summed E-state index contributed by atoms with van der Waals surface area (Å²) in [5.74, 6) is 0.263. The third-order valence-corrected chi connectivity index (χ3v) is 4.24. The summed E-state index contributed by atoms with van der Waals surface area (Å²) in [7, 11) is 0. The first-order chi connectivity index (χ1) is 7.02. The van der Waals surface area contributed by atoms with Gasteiger partial charge in [-0.1, -0.05) is 0 Å². The number of hydrogen-bond donors (Lipinski definition) is 0. The summed E-state index contributed by atoms with van der Waals surface area (Å²) in [5, 5.41) is 0. The molecule has 15 heavy (non-hydrogen) atoms. The van der Waals surface area contributed by atoms with Crippen molar-refractivity contribution >= 4 is 11.9 Å². The van der Waals surface area contributed by atoms with Crippen molar-refractivity contribution in [2.75, 3.05) is 0 Å². The van der Waals surface area contributed by atoms with Crippen molar-refractivity contribution in [3.63, 3.8) is 0 Å². The van der Waals surface area contributed by atoms with Gasteiger partial charge in [-0.2, -0.15) is 0 Å². The monoisotopic (exact) mass is 210 g/mol. The fraction of sp³-hybridized carbons (Fsp3) is 0.818. The van der Waals surface area contributed by atoms with Gasteiger partial charge in [0.05, 0.1) is 5.92 Å². The third kappa shape index (κ3) is 0.971. The first kappa shape index (κ1) is 9.19. The molecule has 3 aliphatic rings. The lowest BCUT2D eigenvalue weighted by Crippen LogP contribution is -2.46. The standard InChI is InChI=1S/C11H14O4/c1-5(12)14-9-6-3-7-8(4-6)11(9,2)15-10(7)13/h6-9H,3-4H2,1-2H3. The molecule has 2 aliphatic carbocycles. The van der Waals surface area contributed by atoms with Gasteiger partial charge in [0.2, 0.25) is 0 Å². The van der Waals surface area contributed by atoms with Gasteiger partial charge in [-0.05, 0) is 19.8 Å². The second-order valence-corrected chi connectivity index (χ2v) is 5.08. The minimum absolute atomic E-state index is 0.0619. The predicted molar refractivity (Wildman–Crippen MR) is 49.8 cm³/mol. The Balaban J connectivity index is 1.94.